The fourth-order valence-corrected chi connectivity index (χ4v) is 2.10. The number of hydrogen-bond acceptors (Lipinski definition) is 2. The van der Waals surface area contributed by atoms with Crippen LogP contribution in [-0.2, 0) is 13.0 Å². The normalized spacial score (nSPS) is 10.1. The molecule has 0 aliphatic carbocycles. The van der Waals surface area contributed by atoms with E-state index < -0.39 is 0 Å². The zero-order valence-electron chi connectivity index (χ0n) is 12.4. The van der Waals surface area contributed by atoms with Gasteiger partial charge in [-0.25, -0.2) is 9.18 Å². The summed E-state index contributed by atoms with van der Waals surface area (Å²) < 4.78 is 18.2. The maximum Gasteiger partial charge on any atom is 0.315 e. The van der Waals surface area contributed by atoms with Crippen molar-refractivity contribution in [2.75, 3.05) is 13.7 Å². The Labute approximate surface area is 129 Å². The molecule has 0 unspecified atom stereocenters. The summed E-state index contributed by atoms with van der Waals surface area (Å²) in [6.07, 6.45) is 0.583. The Morgan fingerprint density at radius 1 is 1.14 bits per heavy atom. The third-order valence-electron chi connectivity index (χ3n) is 3.22. The minimum absolute atomic E-state index is 0.262. The number of hydrogen-bond donors (Lipinski definition) is 2. The quantitative estimate of drug-likeness (QED) is 0.862. The molecule has 0 saturated heterocycles. The highest BCUT2D eigenvalue weighted by Gasteiger charge is 2.04. The molecule has 2 N–H and O–H groups in total. The van der Waals surface area contributed by atoms with Gasteiger partial charge in [0.05, 0.1) is 7.11 Å². The number of carbonyl (C=O) groups excluding carboxylic acids is 1. The monoisotopic (exact) mass is 302 g/mol. The Morgan fingerprint density at radius 3 is 2.73 bits per heavy atom. The lowest BCUT2D eigenvalue weighted by atomic mass is 10.1. The van der Waals surface area contributed by atoms with Gasteiger partial charge in [0.1, 0.15) is 11.6 Å². The second-order valence-electron chi connectivity index (χ2n) is 4.80. The number of nitrogens with one attached hydrogen (secondary N) is 2. The summed E-state index contributed by atoms with van der Waals surface area (Å²) in [6.45, 7) is 0.830. The van der Waals surface area contributed by atoms with Crippen LogP contribution in [0.3, 0.4) is 0 Å². The molecule has 0 heterocycles. The summed E-state index contributed by atoms with van der Waals surface area (Å²) >= 11 is 0. The summed E-state index contributed by atoms with van der Waals surface area (Å²) in [6, 6.07) is 13.6. The van der Waals surface area contributed by atoms with Crippen LogP contribution in [-0.4, -0.2) is 19.7 Å². The van der Waals surface area contributed by atoms with Crippen molar-refractivity contribution in [3.8, 4) is 5.75 Å². The topological polar surface area (TPSA) is 50.4 Å². The molecule has 0 aliphatic heterocycles. The Kier molecular flexibility index (Phi) is 5.77. The van der Waals surface area contributed by atoms with Gasteiger partial charge in [-0.05, 0) is 30.2 Å². The number of amides is 2. The van der Waals surface area contributed by atoms with Crippen LogP contribution in [0.25, 0.3) is 0 Å². The van der Waals surface area contributed by atoms with Crippen molar-refractivity contribution < 1.29 is 13.9 Å². The molecule has 0 fully saturated rings. The van der Waals surface area contributed by atoms with E-state index in [1.54, 1.807) is 13.2 Å². The molecule has 5 heteroatoms. The van der Waals surface area contributed by atoms with Gasteiger partial charge < -0.3 is 15.4 Å². The predicted octanol–water partition coefficient (Wildman–Crippen LogP) is 2.88. The number of urea groups is 1. The van der Waals surface area contributed by atoms with Gasteiger partial charge in [0, 0.05) is 18.7 Å². The molecule has 0 spiro atoms. The fourth-order valence-electron chi connectivity index (χ4n) is 2.10. The van der Waals surface area contributed by atoms with Crippen LogP contribution in [0.15, 0.2) is 48.5 Å². The molecule has 0 aromatic heterocycles. The number of rotatable bonds is 6. The summed E-state index contributed by atoms with van der Waals surface area (Å²) in [5.41, 5.74) is 1.76. The third-order valence-corrected chi connectivity index (χ3v) is 3.22. The molecule has 0 saturated carbocycles. The van der Waals surface area contributed by atoms with Crippen LogP contribution < -0.4 is 15.4 Å². The lowest BCUT2D eigenvalue weighted by Crippen LogP contribution is -2.36. The van der Waals surface area contributed by atoms with E-state index in [9.17, 15) is 9.18 Å². The van der Waals surface area contributed by atoms with Crippen molar-refractivity contribution >= 4 is 6.03 Å². The van der Waals surface area contributed by atoms with Gasteiger partial charge in [0.2, 0.25) is 0 Å². The van der Waals surface area contributed by atoms with E-state index in [2.05, 4.69) is 10.6 Å². The number of methoxy groups -OCH3 is 1. The highest BCUT2D eigenvalue weighted by Crippen LogP contribution is 2.16. The largest absolute Gasteiger partial charge is 0.496 e. The number of benzene rings is 2. The van der Waals surface area contributed by atoms with E-state index in [1.807, 2.05) is 30.3 Å². The second-order valence-corrected chi connectivity index (χ2v) is 4.80. The Hall–Kier alpha value is -2.56. The molecule has 4 nitrogen and oxygen atoms in total. The Morgan fingerprint density at radius 2 is 1.95 bits per heavy atom. The summed E-state index contributed by atoms with van der Waals surface area (Å²) in [7, 11) is 1.60. The summed E-state index contributed by atoms with van der Waals surface area (Å²) in [4.78, 5) is 11.7. The Balaban J connectivity index is 1.74. The first-order valence-corrected chi connectivity index (χ1v) is 7.07. The smallest absolute Gasteiger partial charge is 0.315 e. The van der Waals surface area contributed by atoms with Crippen LogP contribution in [0.2, 0.25) is 0 Å². The molecule has 0 bridgehead atoms. The van der Waals surface area contributed by atoms with Gasteiger partial charge in [-0.15, -0.1) is 0 Å². The van der Waals surface area contributed by atoms with Crippen molar-refractivity contribution in [1.82, 2.24) is 10.6 Å². The minimum atomic E-state index is -0.266. The van der Waals surface area contributed by atoms with E-state index in [0.717, 1.165) is 16.9 Å². The summed E-state index contributed by atoms with van der Waals surface area (Å²) in [5, 5.41) is 5.51. The molecule has 2 rings (SSSR count). The van der Waals surface area contributed by atoms with Crippen molar-refractivity contribution in [3.63, 3.8) is 0 Å². The fraction of sp³-hybridized carbons (Fsp3) is 0.235. The van der Waals surface area contributed by atoms with Crippen molar-refractivity contribution in [2.24, 2.45) is 0 Å². The zero-order chi connectivity index (χ0) is 15.8. The lowest BCUT2D eigenvalue weighted by molar-refractivity contribution is 0.240. The van der Waals surface area contributed by atoms with E-state index in [-0.39, 0.29) is 11.8 Å². The first kappa shape index (κ1) is 15.8. The molecule has 2 aromatic carbocycles. The van der Waals surface area contributed by atoms with Crippen LogP contribution in [0.1, 0.15) is 11.1 Å². The first-order valence-electron chi connectivity index (χ1n) is 7.07. The number of halogens is 1. The standard InChI is InChI=1S/C17H19FN2O2/c1-22-16-8-3-2-6-14(16)12-20-17(21)19-10-9-13-5-4-7-15(18)11-13/h2-8,11H,9-10,12H2,1H3,(H2,19,20,21). The maximum absolute atomic E-state index is 13.0. The predicted molar refractivity (Wildman–Crippen MR) is 83.3 cm³/mol. The van der Waals surface area contributed by atoms with Gasteiger partial charge in [-0.2, -0.15) is 0 Å². The van der Waals surface area contributed by atoms with E-state index in [4.69, 9.17) is 4.74 Å². The van der Waals surface area contributed by atoms with Gasteiger partial charge in [0.15, 0.2) is 0 Å². The second kappa shape index (κ2) is 8.02. The average molecular weight is 302 g/mol. The Bertz CT molecular complexity index is 632. The maximum atomic E-state index is 13.0. The third kappa shape index (κ3) is 4.77. The van der Waals surface area contributed by atoms with Crippen LogP contribution >= 0.6 is 0 Å². The number of carbonyl (C=O) groups is 1. The van der Waals surface area contributed by atoms with Gasteiger partial charge >= 0.3 is 6.03 Å². The highest BCUT2D eigenvalue weighted by atomic mass is 19.1. The lowest BCUT2D eigenvalue weighted by Gasteiger charge is -2.10. The molecule has 0 atom stereocenters. The van der Waals surface area contributed by atoms with E-state index in [0.29, 0.717) is 19.5 Å². The number of para-hydroxylation sites is 1. The SMILES string of the molecule is COc1ccccc1CNC(=O)NCCc1cccc(F)c1. The van der Waals surface area contributed by atoms with Crippen LogP contribution in [0.5, 0.6) is 5.75 Å². The van der Waals surface area contributed by atoms with Crippen LogP contribution in [0, 0.1) is 5.82 Å². The summed E-state index contributed by atoms with van der Waals surface area (Å²) in [5.74, 6) is 0.473. The molecule has 2 amide bonds. The number of ether oxygens (including phenoxy) is 1. The molecule has 0 aliphatic rings. The van der Waals surface area contributed by atoms with Crippen molar-refractivity contribution in [2.45, 2.75) is 13.0 Å². The van der Waals surface area contributed by atoms with Gasteiger partial charge in [0.25, 0.3) is 0 Å². The molecular weight excluding hydrogens is 283 g/mol. The molecule has 116 valence electrons. The average Bonchev–Trinajstić information content (AvgIpc) is 2.53. The molecule has 2 aromatic rings. The van der Waals surface area contributed by atoms with Crippen LogP contribution in [0.4, 0.5) is 9.18 Å². The molecular formula is C17H19FN2O2. The molecule has 0 radical (unpaired) electrons. The first-order chi connectivity index (χ1) is 10.7. The highest BCUT2D eigenvalue weighted by molar-refractivity contribution is 5.73. The van der Waals surface area contributed by atoms with Crippen molar-refractivity contribution in [1.29, 1.82) is 0 Å². The molecule has 22 heavy (non-hydrogen) atoms. The zero-order valence-corrected chi connectivity index (χ0v) is 12.4. The van der Waals surface area contributed by atoms with Gasteiger partial charge in [-0.1, -0.05) is 30.3 Å². The van der Waals surface area contributed by atoms with Gasteiger partial charge in [-0.3, -0.25) is 0 Å². The van der Waals surface area contributed by atoms with E-state index in [1.165, 1.54) is 12.1 Å². The van der Waals surface area contributed by atoms with Crippen molar-refractivity contribution in [3.05, 3.63) is 65.5 Å². The minimum Gasteiger partial charge on any atom is -0.496 e. The van der Waals surface area contributed by atoms with E-state index >= 15 is 0 Å².